The Morgan fingerprint density at radius 3 is 2.94 bits per heavy atom. The van der Waals surface area contributed by atoms with Crippen LogP contribution in [0.15, 0.2) is 35.3 Å². The lowest BCUT2D eigenvalue weighted by Crippen LogP contribution is -2.08. The number of nitrogens with zero attached hydrogens (tertiary/aromatic N) is 2. The van der Waals surface area contributed by atoms with Gasteiger partial charge >= 0.3 is 0 Å². The molecule has 4 heteroatoms. The van der Waals surface area contributed by atoms with E-state index in [1.54, 1.807) is 10.8 Å². The van der Waals surface area contributed by atoms with Crippen LogP contribution in [-0.2, 0) is 6.54 Å². The molecule has 3 nitrogen and oxygen atoms in total. The molecular weight excluding hydrogens is 207 g/mol. The number of halogens is 1. The van der Waals surface area contributed by atoms with Crippen LogP contribution >= 0.6 is 0 Å². The summed E-state index contributed by atoms with van der Waals surface area (Å²) >= 11 is 0. The molecule has 0 unspecified atom stereocenters. The molecule has 80 valence electrons. The minimum absolute atomic E-state index is 0.136. The highest BCUT2D eigenvalue weighted by molar-refractivity contribution is 5.78. The van der Waals surface area contributed by atoms with E-state index in [0.717, 1.165) is 0 Å². The smallest absolute Gasteiger partial charge is 0.189 e. The second kappa shape index (κ2) is 4.15. The van der Waals surface area contributed by atoms with Crippen LogP contribution in [0, 0.1) is 17.1 Å². The van der Waals surface area contributed by atoms with Crippen molar-refractivity contribution < 1.29 is 4.39 Å². The lowest BCUT2D eigenvalue weighted by atomic mass is 10.2. The quantitative estimate of drug-likeness (QED) is 0.771. The molecular formula is C12H9FN2O. The number of aromatic nitrogens is 1. The number of fused-ring (bicyclic) bond motifs is 1. The summed E-state index contributed by atoms with van der Waals surface area (Å²) in [6.45, 7) is 0.455. The van der Waals surface area contributed by atoms with Crippen LogP contribution in [-0.4, -0.2) is 4.57 Å². The van der Waals surface area contributed by atoms with Gasteiger partial charge in [0.15, 0.2) is 5.43 Å². The van der Waals surface area contributed by atoms with Gasteiger partial charge in [-0.3, -0.25) is 4.79 Å². The Labute approximate surface area is 91.4 Å². The maximum atomic E-state index is 13.1. The second-order valence-corrected chi connectivity index (χ2v) is 3.44. The Balaban J connectivity index is 2.67. The number of rotatable bonds is 2. The highest BCUT2D eigenvalue weighted by Crippen LogP contribution is 2.12. The largest absolute Gasteiger partial charge is 0.346 e. The van der Waals surface area contributed by atoms with Crippen molar-refractivity contribution in [2.75, 3.05) is 0 Å². The average molecular weight is 216 g/mol. The number of hydrogen-bond acceptors (Lipinski definition) is 2. The summed E-state index contributed by atoms with van der Waals surface area (Å²) in [7, 11) is 0. The van der Waals surface area contributed by atoms with E-state index in [2.05, 4.69) is 0 Å². The normalized spacial score (nSPS) is 10.2. The Kier molecular flexibility index (Phi) is 2.69. The molecule has 1 aromatic heterocycles. The topological polar surface area (TPSA) is 45.8 Å². The first-order chi connectivity index (χ1) is 7.72. The van der Waals surface area contributed by atoms with Crippen LogP contribution in [0.5, 0.6) is 0 Å². The van der Waals surface area contributed by atoms with Crippen LogP contribution in [0.3, 0.4) is 0 Å². The van der Waals surface area contributed by atoms with E-state index in [-0.39, 0.29) is 11.2 Å². The summed E-state index contributed by atoms with van der Waals surface area (Å²) in [4.78, 5) is 11.5. The third-order valence-corrected chi connectivity index (χ3v) is 2.41. The molecule has 0 N–H and O–H groups in total. The fourth-order valence-electron chi connectivity index (χ4n) is 1.64. The lowest BCUT2D eigenvalue weighted by Gasteiger charge is -2.08. The van der Waals surface area contributed by atoms with Crippen LogP contribution in [0.1, 0.15) is 6.42 Å². The number of nitriles is 1. The van der Waals surface area contributed by atoms with Crippen molar-refractivity contribution in [2.45, 2.75) is 13.0 Å². The number of aryl methyl sites for hydroxylation is 1. The second-order valence-electron chi connectivity index (χ2n) is 3.44. The first-order valence-electron chi connectivity index (χ1n) is 4.88. The summed E-state index contributed by atoms with van der Waals surface area (Å²) in [5, 5.41) is 8.98. The molecule has 1 heterocycles. The molecule has 0 radical (unpaired) electrons. The number of pyridine rings is 1. The van der Waals surface area contributed by atoms with Crippen molar-refractivity contribution in [3.63, 3.8) is 0 Å². The van der Waals surface area contributed by atoms with Gasteiger partial charge in [0.2, 0.25) is 0 Å². The van der Waals surface area contributed by atoms with Gasteiger partial charge in [-0.05, 0) is 18.2 Å². The van der Waals surface area contributed by atoms with Crippen LogP contribution in [0.25, 0.3) is 10.9 Å². The van der Waals surface area contributed by atoms with Crippen molar-refractivity contribution in [3.05, 3.63) is 46.5 Å². The molecule has 0 bridgehead atoms. The fourth-order valence-corrected chi connectivity index (χ4v) is 1.64. The summed E-state index contributed by atoms with van der Waals surface area (Å²) in [5.74, 6) is -0.385. The summed E-state index contributed by atoms with van der Waals surface area (Å²) < 4.78 is 14.8. The first kappa shape index (κ1) is 10.4. The van der Waals surface area contributed by atoms with E-state index in [4.69, 9.17) is 5.26 Å². The van der Waals surface area contributed by atoms with E-state index < -0.39 is 0 Å². The third-order valence-electron chi connectivity index (χ3n) is 2.41. The van der Waals surface area contributed by atoms with Crippen LogP contribution in [0.2, 0.25) is 0 Å². The minimum Gasteiger partial charge on any atom is -0.346 e. The number of hydrogen-bond donors (Lipinski definition) is 0. The fraction of sp³-hybridized carbons (Fsp3) is 0.167. The molecule has 2 rings (SSSR count). The monoisotopic (exact) mass is 216 g/mol. The molecule has 0 aliphatic heterocycles. The molecule has 0 aliphatic rings. The maximum absolute atomic E-state index is 13.1. The van der Waals surface area contributed by atoms with E-state index in [9.17, 15) is 9.18 Å². The van der Waals surface area contributed by atoms with Crippen molar-refractivity contribution >= 4 is 10.9 Å². The zero-order chi connectivity index (χ0) is 11.5. The standard InChI is InChI=1S/C12H9FN2O/c13-9-2-3-10-11(8-9)15(6-1-5-14)7-4-12(10)16/h2-4,7-8H,1,6H2. The highest BCUT2D eigenvalue weighted by Gasteiger charge is 2.03. The van der Waals surface area contributed by atoms with Crippen molar-refractivity contribution in [1.82, 2.24) is 4.57 Å². The average Bonchev–Trinajstić information content (AvgIpc) is 2.28. The molecule has 2 aromatic rings. The molecule has 1 aromatic carbocycles. The molecule has 0 amide bonds. The van der Waals surface area contributed by atoms with Gasteiger partial charge in [-0.1, -0.05) is 0 Å². The number of benzene rings is 1. The molecule has 0 fully saturated rings. The Morgan fingerprint density at radius 2 is 2.19 bits per heavy atom. The molecule has 0 aliphatic carbocycles. The maximum Gasteiger partial charge on any atom is 0.189 e. The van der Waals surface area contributed by atoms with Gasteiger partial charge < -0.3 is 4.57 Å². The van der Waals surface area contributed by atoms with E-state index in [1.165, 1.54) is 24.3 Å². The van der Waals surface area contributed by atoms with Crippen molar-refractivity contribution in [3.8, 4) is 6.07 Å². The molecule has 16 heavy (non-hydrogen) atoms. The van der Waals surface area contributed by atoms with Gasteiger partial charge in [0.05, 0.1) is 18.0 Å². The van der Waals surface area contributed by atoms with Gasteiger partial charge in [-0.2, -0.15) is 5.26 Å². The molecule has 0 saturated heterocycles. The zero-order valence-electron chi connectivity index (χ0n) is 8.48. The molecule has 0 spiro atoms. The van der Waals surface area contributed by atoms with Gasteiger partial charge in [-0.15, -0.1) is 0 Å². The minimum atomic E-state index is -0.385. The van der Waals surface area contributed by atoms with E-state index in [0.29, 0.717) is 23.9 Å². The SMILES string of the molecule is N#CCCn1ccc(=O)c2ccc(F)cc21. The Bertz CT molecular complexity index is 625. The Hall–Kier alpha value is -2.15. The first-order valence-corrected chi connectivity index (χ1v) is 4.88. The van der Waals surface area contributed by atoms with Crippen molar-refractivity contribution in [2.24, 2.45) is 0 Å². The van der Waals surface area contributed by atoms with Gasteiger partial charge in [0, 0.05) is 24.2 Å². The van der Waals surface area contributed by atoms with Crippen molar-refractivity contribution in [1.29, 1.82) is 5.26 Å². The highest BCUT2D eigenvalue weighted by atomic mass is 19.1. The van der Waals surface area contributed by atoms with E-state index >= 15 is 0 Å². The molecule has 0 saturated carbocycles. The van der Waals surface area contributed by atoms with Gasteiger partial charge in [-0.25, -0.2) is 4.39 Å². The third kappa shape index (κ3) is 1.80. The van der Waals surface area contributed by atoms with Gasteiger partial charge in [0.1, 0.15) is 5.82 Å². The zero-order valence-corrected chi connectivity index (χ0v) is 8.48. The predicted molar refractivity (Wildman–Crippen MR) is 58.4 cm³/mol. The van der Waals surface area contributed by atoms with Crippen LogP contribution in [0.4, 0.5) is 4.39 Å². The lowest BCUT2D eigenvalue weighted by molar-refractivity contribution is 0.627. The Morgan fingerprint density at radius 1 is 1.38 bits per heavy atom. The predicted octanol–water partition coefficient (Wildman–Crippen LogP) is 2.05. The summed E-state index contributed by atoms with van der Waals surface area (Å²) in [6.07, 6.45) is 1.91. The summed E-state index contributed by atoms with van der Waals surface area (Å²) in [6, 6.07) is 7.49. The molecule has 0 atom stereocenters. The van der Waals surface area contributed by atoms with Crippen LogP contribution < -0.4 is 5.43 Å². The van der Waals surface area contributed by atoms with E-state index in [1.807, 2.05) is 6.07 Å². The summed E-state index contributed by atoms with van der Waals surface area (Å²) in [5.41, 5.74) is 0.394. The van der Waals surface area contributed by atoms with Gasteiger partial charge in [0.25, 0.3) is 0 Å².